The molecule has 0 amide bonds. The fourth-order valence-corrected chi connectivity index (χ4v) is 1.19. The second-order valence-corrected chi connectivity index (χ2v) is 3.53. The summed E-state index contributed by atoms with van der Waals surface area (Å²) >= 11 is 0. The summed E-state index contributed by atoms with van der Waals surface area (Å²) in [6.07, 6.45) is 0.362. The Labute approximate surface area is 79.2 Å². The molecule has 0 aromatic carbocycles. The van der Waals surface area contributed by atoms with Crippen LogP contribution in [0.5, 0.6) is 0 Å². The van der Waals surface area contributed by atoms with Crippen LogP contribution in [0.3, 0.4) is 0 Å². The predicted octanol–water partition coefficient (Wildman–Crippen LogP) is 2.45. The summed E-state index contributed by atoms with van der Waals surface area (Å²) in [5.41, 5.74) is -0.781. The number of hydrogen-bond acceptors (Lipinski definition) is 2. The molecule has 14 heavy (non-hydrogen) atoms. The first-order chi connectivity index (χ1) is 6.55. The van der Waals surface area contributed by atoms with Crippen molar-refractivity contribution in [1.82, 2.24) is 9.97 Å². The third kappa shape index (κ3) is 2.21. The van der Waals surface area contributed by atoms with Crippen molar-refractivity contribution < 1.29 is 13.2 Å². The van der Waals surface area contributed by atoms with Gasteiger partial charge in [0.2, 0.25) is 0 Å². The molecule has 1 saturated carbocycles. The van der Waals surface area contributed by atoms with Crippen molar-refractivity contribution in [2.45, 2.75) is 25.4 Å². The monoisotopic (exact) mass is 202 g/mol. The molecule has 0 unspecified atom stereocenters. The van der Waals surface area contributed by atoms with Gasteiger partial charge in [0, 0.05) is 18.8 Å². The van der Waals surface area contributed by atoms with E-state index in [1.54, 1.807) is 0 Å². The topological polar surface area (TPSA) is 25.8 Å². The molecule has 1 aromatic heterocycles. The van der Waals surface area contributed by atoms with Crippen LogP contribution in [0.15, 0.2) is 12.4 Å². The number of halogens is 3. The highest BCUT2D eigenvalue weighted by atomic mass is 19.4. The maximum Gasteiger partial charge on any atom is 0.419 e. The van der Waals surface area contributed by atoms with Gasteiger partial charge in [-0.1, -0.05) is 0 Å². The van der Waals surface area contributed by atoms with E-state index in [9.17, 15) is 13.2 Å². The number of alkyl halides is 3. The third-order valence-corrected chi connectivity index (χ3v) is 2.20. The Morgan fingerprint density at radius 1 is 1.21 bits per heavy atom. The average Bonchev–Trinajstić information content (AvgIpc) is 2.88. The van der Waals surface area contributed by atoms with Gasteiger partial charge in [0.05, 0.1) is 5.56 Å². The Balaban J connectivity index is 2.08. The molecule has 1 aliphatic carbocycles. The molecular formula is C9H9F3N2. The van der Waals surface area contributed by atoms with Crippen LogP contribution in [-0.4, -0.2) is 9.97 Å². The molecular weight excluding hydrogens is 193 g/mol. The molecule has 0 aliphatic heterocycles. The van der Waals surface area contributed by atoms with Gasteiger partial charge in [-0.05, 0) is 18.8 Å². The summed E-state index contributed by atoms with van der Waals surface area (Å²) < 4.78 is 36.3. The highest BCUT2D eigenvalue weighted by Gasteiger charge is 2.31. The summed E-state index contributed by atoms with van der Waals surface area (Å²) in [5.74, 6) is 1.10. The molecule has 0 N–H and O–H groups in total. The Bertz CT molecular complexity index is 314. The van der Waals surface area contributed by atoms with Gasteiger partial charge in [0.25, 0.3) is 0 Å². The molecule has 0 radical (unpaired) electrons. The number of nitrogens with zero attached hydrogens (tertiary/aromatic N) is 2. The zero-order valence-corrected chi connectivity index (χ0v) is 7.38. The smallest absolute Gasteiger partial charge is 0.241 e. The van der Waals surface area contributed by atoms with Crippen molar-refractivity contribution in [1.29, 1.82) is 0 Å². The van der Waals surface area contributed by atoms with E-state index in [2.05, 4.69) is 9.97 Å². The maximum absolute atomic E-state index is 12.1. The van der Waals surface area contributed by atoms with Crippen LogP contribution in [0.2, 0.25) is 0 Å². The summed E-state index contributed by atoms with van der Waals surface area (Å²) in [6.45, 7) is 0. The largest absolute Gasteiger partial charge is 0.419 e. The zero-order chi connectivity index (χ0) is 10.2. The van der Waals surface area contributed by atoms with E-state index in [-0.39, 0.29) is 0 Å². The van der Waals surface area contributed by atoms with Crippen LogP contribution < -0.4 is 0 Å². The van der Waals surface area contributed by atoms with E-state index < -0.39 is 11.7 Å². The fraction of sp³-hybridized carbons (Fsp3) is 0.556. The van der Waals surface area contributed by atoms with Gasteiger partial charge < -0.3 is 0 Å². The van der Waals surface area contributed by atoms with Crippen LogP contribution in [0.25, 0.3) is 0 Å². The normalized spacial score (nSPS) is 17.1. The number of aromatic nitrogens is 2. The molecule has 1 fully saturated rings. The van der Waals surface area contributed by atoms with Gasteiger partial charge in [-0.25, -0.2) is 9.97 Å². The molecule has 5 heteroatoms. The first-order valence-electron chi connectivity index (χ1n) is 4.44. The maximum atomic E-state index is 12.1. The zero-order valence-electron chi connectivity index (χ0n) is 7.38. The lowest BCUT2D eigenvalue weighted by Crippen LogP contribution is -2.07. The second kappa shape index (κ2) is 3.22. The first-order valence-corrected chi connectivity index (χ1v) is 4.44. The fourth-order valence-electron chi connectivity index (χ4n) is 1.19. The molecule has 0 atom stereocenters. The Hall–Kier alpha value is -1.13. The van der Waals surface area contributed by atoms with E-state index in [0.717, 1.165) is 25.2 Å². The lowest BCUT2D eigenvalue weighted by molar-refractivity contribution is -0.138. The molecule has 0 bridgehead atoms. The van der Waals surface area contributed by atoms with Gasteiger partial charge in [-0.3, -0.25) is 0 Å². The first kappa shape index (κ1) is 9.43. The van der Waals surface area contributed by atoms with Crippen LogP contribution in [0.4, 0.5) is 13.2 Å². The van der Waals surface area contributed by atoms with E-state index >= 15 is 0 Å². The van der Waals surface area contributed by atoms with Gasteiger partial charge >= 0.3 is 6.18 Å². The molecule has 2 rings (SSSR count). The molecule has 1 aliphatic rings. The summed E-state index contributed by atoms with van der Waals surface area (Å²) in [6, 6.07) is 0. The molecule has 0 saturated heterocycles. The Morgan fingerprint density at radius 2 is 1.79 bits per heavy atom. The van der Waals surface area contributed by atoms with Crippen molar-refractivity contribution in [2.75, 3.05) is 0 Å². The Morgan fingerprint density at radius 3 is 2.21 bits per heavy atom. The Kier molecular flexibility index (Phi) is 2.17. The summed E-state index contributed by atoms with van der Waals surface area (Å²) in [7, 11) is 0. The standard InChI is InChI=1S/C9H9F3N2/c10-9(11,12)7-4-13-8(14-5-7)3-6-1-2-6/h4-6H,1-3H2. The molecule has 1 aromatic rings. The lowest BCUT2D eigenvalue weighted by atomic mass is 10.2. The van der Waals surface area contributed by atoms with Gasteiger partial charge in [-0.15, -0.1) is 0 Å². The molecule has 1 heterocycles. The van der Waals surface area contributed by atoms with E-state index in [1.165, 1.54) is 0 Å². The number of hydrogen-bond donors (Lipinski definition) is 0. The predicted molar refractivity (Wildman–Crippen MR) is 43.5 cm³/mol. The molecule has 2 nitrogen and oxygen atoms in total. The van der Waals surface area contributed by atoms with E-state index in [1.807, 2.05) is 0 Å². The quantitative estimate of drug-likeness (QED) is 0.736. The van der Waals surface area contributed by atoms with E-state index in [4.69, 9.17) is 0 Å². The summed E-state index contributed by atoms with van der Waals surface area (Å²) in [4.78, 5) is 7.39. The molecule has 76 valence electrons. The minimum Gasteiger partial charge on any atom is -0.241 e. The van der Waals surface area contributed by atoms with Crippen molar-refractivity contribution in [3.8, 4) is 0 Å². The third-order valence-electron chi connectivity index (χ3n) is 2.20. The van der Waals surface area contributed by atoms with Gasteiger partial charge in [0.1, 0.15) is 5.82 Å². The van der Waals surface area contributed by atoms with Crippen LogP contribution in [0, 0.1) is 5.92 Å². The lowest BCUT2D eigenvalue weighted by Gasteiger charge is -2.05. The second-order valence-electron chi connectivity index (χ2n) is 3.53. The van der Waals surface area contributed by atoms with Gasteiger partial charge in [-0.2, -0.15) is 13.2 Å². The van der Waals surface area contributed by atoms with Gasteiger partial charge in [0.15, 0.2) is 0 Å². The van der Waals surface area contributed by atoms with Crippen molar-refractivity contribution in [3.63, 3.8) is 0 Å². The SMILES string of the molecule is FC(F)(F)c1cnc(CC2CC2)nc1. The average molecular weight is 202 g/mol. The summed E-state index contributed by atoms with van der Waals surface area (Å²) in [5, 5.41) is 0. The van der Waals surface area contributed by atoms with Crippen molar-refractivity contribution >= 4 is 0 Å². The van der Waals surface area contributed by atoms with Crippen molar-refractivity contribution in [3.05, 3.63) is 23.8 Å². The number of rotatable bonds is 2. The minimum atomic E-state index is -4.34. The highest BCUT2D eigenvalue weighted by molar-refractivity contribution is 5.09. The van der Waals surface area contributed by atoms with Crippen LogP contribution in [-0.2, 0) is 12.6 Å². The highest BCUT2D eigenvalue weighted by Crippen LogP contribution is 2.32. The van der Waals surface area contributed by atoms with Crippen molar-refractivity contribution in [2.24, 2.45) is 5.92 Å². The van der Waals surface area contributed by atoms with Crippen LogP contribution >= 0.6 is 0 Å². The minimum absolute atomic E-state index is 0.514. The van der Waals surface area contributed by atoms with E-state index in [0.29, 0.717) is 18.2 Å². The molecule has 0 spiro atoms. The van der Waals surface area contributed by atoms with Crippen LogP contribution in [0.1, 0.15) is 24.2 Å².